The average Bonchev–Trinajstić information content (AvgIpc) is 2.84. The number of rotatable bonds is 3. The summed E-state index contributed by atoms with van der Waals surface area (Å²) >= 11 is 0. The minimum atomic E-state index is -0.367. The van der Waals surface area contributed by atoms with E-state index in [1.165, 1.54) is 24.3 Å². The fourth-order valence-corrected chi connectivity index (χ4v) is 3.85. The van der Waals surface area contributed by atoms with Gasteiger partial charge in [-0.25, -0.2) is 23.7 Å². The van der Waals surface area contributed by atoms with Crippen LogP contribution in [0.1, 0.15) is 10.5 Å². The van der Waals surface area contributed by atoms with Crippen LogP contribution in [0.3, 0.4) is 0 Å². The largest absolute Gasteiger partial charge is 0.335 e. The Morgan fingerprint density at radius 2 is 1.27 bits per heavy atom. The standard InChI is InChI=1S/C25H21F2N5O/c1-31-12-14-32(15-13-31)25(33)21-11-10-20-24(29-21)30-23(17-4-8-19(27)9-5-17)22(28-20)16-2-6-18(26)7-3-16/h2-11H,12-15H2,1H3. The molecule has 4 aromatic rings. The lowest BCUT2D eigenvalue weighted by atomic mass is 10.0. The van der Waals surface area contributed by atoms with Crippen molar-refractivity contribution < 1.29 is 13.6 Å². The van der Waals surface area contributed by atoms with Crippen molar-refractivity contribution in [2.75, 3.05) is 33.2 Å². The van der Waals surface area contributed by atoms with Crippen molar-refractivity contribution in [1.82, 2.24) is 24.8 Å². The lowest BCUT2D eigenvalue weighted by Crippen LogP contribution is -2.47. The molecular formula is C25H21F2N5O. The number of nitrogens with zero attached hydrogens (tertiary/aromatic N) is 5. The van der Waals surface area contributed by atoms with Crippen LogP contribution in [0.2, 0.25) is 0 Å². The molecule has 6 nitrogen and oxygen atoms in total. The monoisotopic (exact) mass is 445 g/mol. The summed E-state index contributed by atoms with van der Waals surface area (Å²) in [7, 11) is 2.03. The van der Waals surface area contributed by atoms with Gasteiger partial charge in [0, 0.05) is 37.3 Å². The number of carbonyl (C=O) groups is 1. The fourth-order valence-electron chi connectivity index (χ4n) is 3.85. The molecule has 8 heteroatoms. The number of hydrogen-bond acceptors (Lipinski definition) is 5. The highest BCUT2D eigenvalue weighted by molar-refractivity contribution is 5.94. The molecule has 3 heterocycles. The Labute approximate surface area is 189 Å². The molecule has 0 N–H and O–H groups in total. The van der Waals surface area contributed by atoms with E-state index in [1.807, 2.05) is 7.05 Å². The molecule has 1 aliphatic heterocycles. The van der Waals surface area contributed by atoms with Crippen LogP contribution in [0.15, 0.2) is 60.7 Å². The topological polar surface area (TPSA) is 62.2 Å². The molecule has 0 bridgehead atoms. The summed E-state index contributed by atoms with van der Waals surface area (Å²) in [5.41, 5.74) is 3.45. The van der Waals surface area contributed by atoms with Crippen LogP contribution in [-0.2, 0) is 0 Å². The average molecular weight is 445 g/mol. The van der Waals surface area contributed by atoms with Crippen LogP contribution in [0.25, 0.3) is 33.7 Å². The van der Waals surface area contributed by atoms with E-state index in [0.717, 1.165) is 13.1 Å². The predicted octanol–water partition coefficient (Wildman–Crippen LogP) is 4.02. The highest BCUT2D eigenvalue weighted by Gasteiger charge is 2.22. The van der Waals surface area contributed by atoms with Crippen LogP contribution in [0.5, 0.6) is 0 Å². The Kier molecular flexibility index (Phi) is 5.51. The Hall–Kier alpha value is -3.78. The highest BCUT2D eigenvalue weighted by Crippen LogP contribution is 2.31. The van der Waals surface area contributed by atoms with Crippen molar-refractivity contribution in [3.05, 3.63) is 78.0 Å². The number of halogens is 2. The summed E-state index contributed by atoms with van der Waals surface area (Å²) in [6.07, 6.45) is 0. The number of pyridine rings is 1. The number of hydrogen-bond donors (Lipinski definition) is 0. The number of aromatic nitrogens is 3. The number of amides is 1. The molecule has 0 spiro atoms. The maximum atomic E-state index is 13.5. The molecule has 0 saturated carbocycles. The zero-order chi connectivity index (χ0) is 22.9. The maximum Gasteiger partial charge on any atom is 0.272 e. The van der Waals surface area contributed by atoms with Crippen LogP contribution >= 0.6 is 0 Å². The van der Waals surface area contributed by atoms with E-state index in [9.17, 15) is 13.6 Å². The van der Waals surface area contributed by atoms with E-state index in [4.69, 9.17) is 9.97 Å². The third-order valence-electron chi connectivity index (χ3n) is 5.77. The summed E-state index contributed by atoms with van der Waals surface area (Å²) in [5, 5.41) is 0. The second kappa shape index (κ2) is 8.63. The van der Waals surface area contributed by atoms with Gasteiger partial charge in [-0.15, -0.1) is 0 Å². The predicted molar refractivity (Wildman–Crippen MR) is 122 cm³/mol. The van der Waals surface area contributed by atoms with Crippen molar-refractivity contribution in [2.45, 2.75) is 0 Å². The summed E-state index contributed by atoms with van der Waals surface area (Å²) in [6.45, 7) is 2.92. The second-order valence-corrected chi connectivity index (χ2v) is 8.07. The fraction of sp³-hybridized carbons (Fsp3) is 0.200. The molecule has 1 amide bonds. The van der Waals surface area contributed by atoms with E-state index in [0.29, 0.717) is 52.5 Å². The molecule has 2 aromatic heterocycles. The first kappa shape index (κ1) is 21.1. The van der Waals surface area contributed by atoms with Gasteiger partial charge in [-0.05, 0) is 67.7 Å². The van der Waals surface area contributed by atoms with Crippen molar-refractivity contribution in [2.24, 2.45) is 0 Å². The lowest BCUT2D eigenvalue weighted by molar-refractivity contribution is 0.0658. The number of piperazine rings is 1. The van der Waals surface area contributed by atoms with Gasteiger partial charge in [0.25, 0.3) is 5.91 Å². The molecule has 166 valence electrons. The Balaban J connectivity index is 1.60. The van der Waals surface area contributed by atoms with Crippen molar-refractivity contribution >= 4 is 17.1 Å². The Morgan fingerprint density at radius 1 is 0.727 bits per heavy atom. The van der Waals surface area contributed by atoms with Crippen LogP contribution in [-0.4, -0.2) is 63.9 Å². The van der Waals surface area contributed by atoms with E-state index in [2.05, 4.69) is 9.88 Å². The van der Waals surface area contributed by atoms with Gasteiger partial charge in [0.15, 0.2) is 5.65 Å². The maximum absolute atomic E-state index is 13.5. The molecule has 1 saturated heterocycles. The molecule has 1 aliphatic rings. The number of carbonyl (C=O) groups excluding carboxylic acids is 1. The van der Waals surface area contributed by atoms with Gasteiger partial charge in [0.1, 0.15) is 22.8 Å². The van der Waals surface area contributed by atoms with E-state index in [-0.39, 0.29) is 17.5 Å². The normalized spacial score (nSPS) is 14.6. The van der Waals surface area contributed by atoms with Gasteiger partial charge >= 0.3 is 0 Å². The second-order valence-electron chi connectivity index (χ2n) is 8.07. The number of fused-ring (bicyclic) bond motifs is 1. The molecule has 0 unspecified atom stereocenters. The van der Waals surface area contributed by atoms with Crippen LogP contribution in [0, 0.1) is 11.6 Å². The van der Waals surface area contributed by atoms with Crippen molar-refractivity contribution in [3.63, 3.8) is 0 Å². The molecule has 33 heavy (non-hydrogen) atoms. The zero-order valence-electron chi connectivity index (χ0n) is 18.0. The van der Waals surface area contributed by atoms with E-state index < -0.39 is 0 Å². The molecule has 5 rings (SSSR count). The first-order valence-electron chi connectivity index (χ1n) is 10.7. The lowest BCUT2D eigenvalue weighted by Gasteiger charge is -2.32. The third-order valence-corrected chi connectivity index (χ3v) is 5.77. The third kappa shape index (κ3) is 4.29. The van der Waals surface area contributed by atoms with Gasteiger partial charge < -0.3 is 9.80 Å². The van der Waals surface area contributed by atoms with Crippen molar-refractivity contribution in [3.8, 4) is 22.5 Å². The van der Waals surface area contributed by atoms with Gasteiger partial charge in [-0.3, -0.25) is 4.79 Å². The highest BCUT2D eigenvalue weighted by atomic mass is 19.1. The molecule has 2 aromatic carbocycles. The van der Waals surface area contributed by atoms with Gasteiger partial charge in [0.2, 0.25) is 0 Å². The van der Waals surface area contributed by atoms with Crippen LogP contribution < -0.4 is 0 Å². The van der Waals surface area contributed by atoms with Crippen LogP contribution in [0.4, 0.5) is 8.78 Å². The minimum absolute atomic E-state index is 0.141. The van der Waals surface area contributed by atoms with Gasteiger partial charge in [-0.2, -0.15) is 0 Å². The number of benzene rings is 2. The molecule has 1 fully saturated rings. The van der Waals surface area contributed by atoms with Gasteiger partial charge in [-0.1, -0.05) is 0 Å². The molecule has 0 aliphatic carbocycles. The minimum Gasteiger partial charge on any atom is -0.335 e. The van der Waals surface area contributed by atoms with E-state index >= 15 is 0 Å². The molecule has 0 radical (unpaired) electrons. The summed E-state index contributed by atoms with van der Waals surface area (Å²) in [6, 6.07) is 15.2. The summed E-state index contributed by atoms with van der Waals surface area (Å²) < 4.78 is 27.0. The smallest absolute Gasteiger partial charge is 0.272 e. The van der Waals surface area contributed by atoms with Gasteiger partial charge in [0.05, 0.1) is 11.4 Å². The quantitative estimate of drug-likeness (QED) is 0.477. The first-order valence-corrected chi connectivity index (χ1v) is 10.7. The molecule has 0 atom stereocenters. The Bertz CT molecular complexity index is 1320. The van der Waals surface area contributed by atoms with Crippen molar-refractivity contribution in [1.29, 1.82) is 0 Å². The summed E-state index contributed by atoms with van der Waals surface area (Å²) in [5.74, 6) is -0.865. The Morgan fingerprint density at radius 3 is 1.85 bits per heavy atom. The summed E-state index contributed by atoms with van der Waals surface area (Å²) in [4.78, 5) is 30.9. The zero-order valence-corrected chi connectivity index (χ0v) is 18.0. The SMILES string of the molecule is CN1CCN(C(=O)c2ccc3nc(-c4ccc(F)cc4)c(-c4ccc(F)cc4)nc3n2)CC1. The first-order chi connectivity index (χ1) is 16.0. The molecular weight excluding hydrogens is 424 g/mol. The van der Waals surface area contributed by atoms with E-state index in [1.54, 1.807) is 41.3 Å². The number of likely N-dealkylation sites (N-methyl/N-ethyl adjacent to an activating group) is 1.